The fraction of sp³-hybridized carbons (Fsp3) is 0.700. The van der Waals surface area contributed by atoms with Crippen LogP contribution in [0.2, 0.25) is 0 Å². The summed E-state index contributed by atoms with van der Waals surface area (Å²) >= 11 is 1.67. The molecule has 16 heavy (non-hydrogen) atoms. The van der Waals surface area contributed by atoms with Crippen molar-refractivity contribution in [2.24, 2.45) is 0 Å². The summed E-state index contributed by atoms with van der Waals surface area (Å²) < 4.78 is 21.9. The van der Waals surface area contributed by atoms with E-state index in [9.17, 15) is 8.42 Å². The molecule has 0 aromatic carbocycles. The summed E-state index contributed by atoms with van der Waals surface area (Å²) in [6.45, 7) is 6.49. The van der Waals surface area contributed by atoms with E-state index in [-0.39, 0.29) is 11.8 Å². The molecule has 0 bridgehead atoms. The SMILES string of the molecule is Cc1nc(C(C)NCCS(C)(=O)=O)c(C)s1. The van der Waals surface area contributed by atoms with Gasteiger partial charge in [0.1, 0.15) is 9.84 Å². The van der Waals surface area contributed by atoms with Gasteiger partial charge in [0, 0.05) is 23.7 Å². The van der Waals surface area contributed by atoms with E-state index < -0.39 is 9.84 Å². The normalized spacial score (nSPS) is 14.0. The highest BCUT2D eigenvalue weighted by Gasteiger charge is 2.13. The summed E-state index contributed by atoms with van der Waals surface area (Å²) in [5, 5.41) is 4.22. The van der Waals surface area contributed by atoms with Gasteiger partial charge in [0.25, 0.3) is 0 Å². The van der Waals surface area contributed by atoms with E-state index in [0.717, 1.165) is 10.7 Å². The van der Waals surface area contributed by atoms with E-state index in [1.165, 1.54) is 11.1 Å². The molecule has 1 rings (SSSR count). The van der Waals surface area contributed by atoms with Crippen molar-refractivity contribution in [1.82, 2.24) is 10.3 Å². The van der Waals surface area contributed by atoms with Crippen molar-refractivity contribution in [1.29, 1.82) is 0 Å². The monoisotopic (exact) mass is 262 g/mol. The minimum atomic E-state index is -2.89. The van der Waals surface area contributed by atoms with Crippen molar-refractivity contribution in [2.45, 2.75) is 26.8 Å². The summed E-state index contributed by atoms with van der Waals surface area (Å²) in [6, 6.07) is 0.103. The van der Waals surface area contributed by atoms with Crippen molar-refractivity contribution in [3.05, 3.63) is 15.6 Å². The highest BCUT2D eigenvalue weighted by atomic mass is 32.2. The van der Waals surface area contributed by atoms with Crippen LogP contribution < -0.4 is 5.32 Å². The van der Waals surface area contributed by atoms with Gasteiger partial charge >= 0.3 is 0 Å². The standard InChI is InChI=1S/C10H18N2O2S2/c1-7(11-5-6-16(4,13)14)10-8(2)15-9(3)12-10/h7,11H,5-6H2,1-4H3. The molecule has 1 unspecified atom stereocenters. The van der Waals surface area contributed by atoms with Crippen LogP contribution in [0.3, 0.4) is 0 Å². The van der Waals surface area contributed by atoms with Gasteiger partial charge in [0.05, 0.1) is 16.5 Å². The highest BCUT2D eigenvalue weighted by Crippen LogP contribution is 2.22. The Morgan fingerprint density at radius 1 is 1.44 bits per heavy atom. The van der Waals surface area contributed by atoms with Crippen LogP contribution in [0.1, 0.15) is 28.5 Å². The predicted octanol–water partition coefficient (Wildman–Crippen LogP) is 1.46. The molecule has 4 nitrogen and oxygen atoms in total. The van der Waals surface area contributed by atoms with Crippen LogP contribution in [-0.2, 0) is 9.84 Å². The molecule has 0 aliphatic heterocycles. The summed E-state index contributed by atoms with van der Waals surface area (Å²) in [5.74, 6) is 0.166. The van der Waals surface area contributed by atoms with E-state index in [1.807, 2.05) is 20.8 Å². The molecular weight excluding hydrogens is 244 g/mol. The van der Waals surface area contributed by atoms with E-state index in [2.05, 4.69) is 10.3 Å². The smallest absolute Gasteiger partial charge is 0.148 e. The van der Waals surface area contributed by atoms with Crippen LogP contribution in [0.15, 0.2) is 0 Å². The number of rotatable bonds is 5. The maximum Gasteiger partial charge on any atom is 0.148 e. The quantitative estimate of drug-likeness (QED) is 0.872. The Labute approximate surface area is 101 Å². The molecule has 0 fully saturated rings. The number of nitrogens with one attached hydrogen (secondary N) is 1. The topological polar surface area (TPSA) is 59.1 Å². The third-order valence-electron chi connectivity index (χ3n) is 2.27. The Morgan fingerprint density at radius 3 is 2.50 bits per heavy atom. The van der Waals surface area contributed by atoms with Gasteiger partial charge in [-0.3, -0.25) is 0 Å². The minimum Gasteiger partial charge on any atom is -0.308 e. The third kappa shape index (κ3) is 4.19. The van der Waals surface area contributed by atoms with E-state index in [4.69, 9.17) is 0 Å². The molecule has 1 N–H and O–H groups in total. The molecule has 0 spiro atoms. The van der Waals surface area contributed by atoms with Crippen LogP contribution in [0.25, 0.3) is 0 Å². The Bertz CT molecular complexity index is 451. The molecule has 0 saturated heterocycles. The van der Waals surface area contributed by atoms with Gasteiger partial charge in [0.15, 0.2) is 0 Å². The number of hydrogen-bond acceptors (Lipinski definition) is 5. The van der Waals surface area contributed by atoms with Crippen molar-refractivity contribution in [3.63, 3.8) is 0 Å². The fourth-order valence-electron chi connectivity index (χ4n) is 1.50. The van der Waals surface area contributed by atoms with Gasteiger partial charge < -0.3 is 5.32 Å². The van der Waals surface area contributed by atoms with Crippen molar-refractivity contribution >= 4 is 21.2 Å². The summed E-state index contributed by atoms with van der Waals surface area (Å²) in [7, 11) is -2.89. The maximum atomic E-state index is 11.0. The first-order valence-electron chi connectivity index (χ1n) is 5.14. The molecule has 0 radical (unpaired) electrons. The molecule has 1 heterocycles. The third-order valence-corrected chi connectivity index (χ3v) is 4.12. The number of nitrogens with zero attached hydrogens (tertiary/aromatic N) is 1. The largest absolute Gasteiger partial charge is 0.308 e. The van der Waals surface area contributed by atoms with Crippen molar-refractivity contribution in [2.75, 3.05) is 18.6 Å². The average molecular weight is 262 g/mol. The first kappa shape index (κ1) is 13.6. The summed E-state index contributed by atoms with van der Waals surface area (Å²) in [4.78, 5) is 5.62. The molecular formula is C10H18N2O2S2. The first-order chi connectivity index (χ1) is 7.29. The second-order valence-electron chi connectivity index (χ2n) is 3.98. The zero-order valence-electron chi connectivity index (χ0n) is 10.1. The highest BCUT2D eigenvalue weighted by molar-refractivity contribution is 7.90. The van der Waals surface area contributed by atoms with E-state index in [1.54, 1.807) is 11.3 Å². The van der Waals surface area contributed by atoms with Gasteiger partial charge in [0.2, 0.25) is 0 Å². The molecule has 1 aromatic heterocycles. The van der Waals surface area contributed by atoms with E-state index >= 15 is 0 Å². The van der Waals surface area contributed by atoms with Gasteiger partial charge in [-0.15, -0.1) is 11.3 Å². The maximum absolute atomic E-state index is 11.0. The molecule has 0 aliphatic rings. The Kier molecular flexibility index (Phi) is 4.46. The van der Waals surface area contributed by atoms with Crippen molar-refractivity contribution < 1.29 is 8.42 Å². The zero-order chi connectivity index (χ0) is 12.3. The summed E-state index contributed by atoms with van der Waals surface area (Å²) in [6.07, 6.45) is 1.25. The molecule has 1 atom stereocenters. The number of thiazole rings is 1. The van der Waals surface area contributed by atoms with E-state index in [0.29, 0.717) is 6.54 Å². The lowest BCUT2D eigenvalue weighted by Crippen LogP contribution is -2.25. The Balaban J connectivity index is 2.53. The van der Waals surface area contributed by atoms with Crippen molar-refractivity contribution in [3.8, 4) is 0 Å². The molecule has 0 saturated carbocycles. The van der Waals surface area contributed by atoms with Crippen LogP contribution >= 0.6 is 11.3 Å². The number of sulfone groups is 1. The lowest BCUT2D eigenvalue weighted by molar-refractivity contribution is 0.567. The number of aromatic nitrogens is 1. The Morgan fingerprint density at radius 2 is 2.06 bits per heavy atom. The van der Waals surface area contributed by atoms with Gasteiger partial charge in [-0.1, -0.05) is 0 Å². The zero-order valence-corrected chi connectivity index (χ0v) is 11.7. The molecule has 1 aromatic rings. The minimum absolute atomic E-state index is 0.103. The van der Waals surface area contributed by atoms with Crippen LogP contribution in [-0.4, -0.2) is 32.0 Å². The molecule has 92 valence electrons. The summed E-state index contributed by atoms with van der Waals surface area (Å²) in [5.41, 5.74) is 1.02. The first-order valence-corrected chi connectivity index (χ1v) is 8.02. The Hall–Kier alpha value is -0.460. The van der Waals surface area contributed by atoms with Crippen LogP contribution in [0.5, 0.6) is 0 Å². The number of aryl methyl sites for hydroxylation is 2. The second-order valence-corrected chi connectivity index (χ2v) is 7.65. The molecule has 0 aliphatic carbocycles. The lowest BCUT2D eigenvalue weighted by Gasteiger charge is -2.11. The van der Waals surface area contributed by atoms with Crippen LogP contribution in [0.4, 0.5) is 0 Å². The molecule has 0 amide bonds. The van der Waals surface area contributed by atoms with Crippen LogP contribution in [0, 0.1) is 13.8 Å². The average Bonchev–Trinajstić information content (AvgIpc) is 2.43. The molecule has 6 heteroatoms. The fourth-order valence-corrected chi connectivity index (χ4v) is 2.91. The predicted molar refractivity (Wildman–Crippen MR) is 67.7 cm³/mol. The lowest BCUT2D eigenvalue weighted by atomic mass is 10.2. The number of hydrogen-bond donors (Lipinski definition) is 1. The van der Waals surface area contributed by atoms with Gasteiger partial charge in [-0.2, -0.15) is 0 Å². The second kappa shape index (κ2) is 5.25. The van der Waals surface area contributed by atoms with Gasteiger partial charge in [-0.25, -0.2) is 13.4 Å². The van der Waals surface area contributed by atoms with Gasteiger partial charge in [-0.05, 0) is 20.8 Å².